The van der Waals surface area contributed by atoms with Gasteiger partial charge in [-0.3, -0.25) is 4.70 Å². The van der Waals surface area contributed by atoms with Crippen molar-refractivity contribution in [1.29, 1.82) is 0 Å². The van der Waals surface area contributed by atoms with Gasteiger partial charge in [-0.15, -0.1) is 0 Å². The van der Waals surface area contributed by atoms with Crippen molar-refractivity contribution in [2.75, 3.05) is 0 Å². The monoisotopic (exact) mass is 226 g/mol. The first-order valence-corrected chi connectivity index (χ1v) is 5.17. The van der Waals surface area contributed by atoms with Gasteiger partial charge >= 0.3 is 20.5 Å². The minimum atomic E-state index is -4.81. The van der Waals surface area contributed by atoms with Gasteiger partial charge in [0.05, 0.1) is 0 Å². The third kappa shape index (κ3) is 1.79. The Hall–Kier alpha value is 0.0425. The molecule has 1 unspecified atom stereocenters. The lowest BCUT2D eigenvalue weighted by molar-refractivity contribution is -0.208. The lowest BCUT2D eigenvalue weighted by Gasteiger charge is -2.33. The van der Waals surface area contributed by atoms with E-state index in [4.69, 9.17) is 0 Å². The molecule has 0 spiro atoms. The zero-order chi connectivity index (χ0) is 9.57. The Morgan fingerprint density at radius 3 is 2.00 bits per heavy atom. The van der Waals surface area contributed by atoms with Gasteiger partial charge in [-0.05, 0) is 6.42 Å². The fourth-order valence-corrected chi connectivity index (χ4v) is 2.62. The molecular weight excluding hydrogens is 220 g/mol. The predicted octanol–water partition coefficient (Wildman–Crippen LogP) is 2.65. The zero-order valence-electron chi connectivity index (χ0n) is 6.24. The molecular formula is C5H6AlF7. The van der Waals surface area contributed by atoms with Gasteiger partial charge in [-0.25, -0.2) is 13.2 Å². The molecule has 0 aromatic carbocycles. The normalized spacial score (nSPS) is 30.9. The van der Waals surface area contributed by atoms with E-state index in [2.05, 4.69) is 0 Å². The second-order valence-corrected chi connectivity index (χ2v) is 5.00. The van der Waals surface area contributed by atoms with Gasteiger partial charge < -0.3 is 3.52 Å². The number of hydrogen-bond acceptors (Lipinski definition) is 0. The molecule has 0 N–H and O–H groups in total. The van der Waals surface area contributed by atoms with Gasteiger partial charge in [0.1, 0.15) is 0 Å². The van der Waals surface area contributed by atoms with Crippen LogP contribution < -0.4 is 0 Å². The molecule has 1 atom stereocenters. The van der Waals surface area contributed by atoms with Crippen molar-refractivity contribution < 1.29 is 30.2 Å². The Kier molecular flexibility index (Phi) is 3.67. The van der Waals surface area contributed by atoms with E-state index in [9.17, 15) is 25.5 Å². The quantitative estimate of drug-likeness (QED) is 0.440. The van der Waals surface area contributed by atoms with Crippen molar-refractivity contribution in [3.05, 3.63) is 0 Å². The van der Waals surface area contributed by atoms with Crippen molar-refractivity contribution in [2.24, 2.45) is 0 Å². The number of rotatable bonds is 0. The Balaban J connectivity index is 0.00000144. The molecule has 1 rings (SSSR count). The van der Waals surface area contributed by atoms with Crippen molar-refractivity contribution in [3.8, 4) is 0 Å². The highest BCUT2D eigenvalue weighted by Crippen LogP contribution is 2.46. The molecule has 78 valence electrons. The first-order chi connectivity index (χ1) is 5.30. The molecule has 8 heteroatoms. The van der Waals surface area contributed by atoms with Crippen LogP contribution in [-0.4, -0.2) is 31.5 Å². The lowest BCUT2D eigenvalue weighted by atomic mass is 10.1. The number of halogens is 7. The second kappa shape index (κ2) is 3.66. The summed E-state index contributed by atoms with van der Waals surface area (Å²) in [7, 11) is 0. The van der Waals surface area contributed by atoms with Gasteiger partial charge in [-0.2, -0.15) is 8.78 Å². The van der Waals surface area contributed by atoms with Crippen LogP contribution in [0.25, 0.3) is 0 Å². The SMILES string of the molecule is F.FC1C[CH2][Al]([F])[C](F)(F)C1(F)F. The summed E-state index contributed by atoms with van der Waals surface area (Å²) in [6, 6.07) is 0. The summed E-state index contributed by atoms with van der Waals surface area (Å²) in [5.41, 5.74) is 0. The van der Waals surface area contributed by atoms with Gasteiger partial charge in [0.25, 0.3) is 4.78 Å². The van der Waals surface area contributed by atoms with Gasteiger partial charge in [0, 0.05) is 0 Å². The van der Waals surface area contributed by atoms with E-state index in [0.717, 1.165) is 0 Å². The Morgan fingerprint density at radius 2 is 1.62 bits per heavy atom. The summed E-state index contributed by atoms with van der Waals surface area (Å²) in [5.74, 6) is -4.81. The van der Waals surface area contributed by atoms with Crippen molar-refractivity contribution >= 4 is 14.6 Å². The van der Waals surface area contributed by atoms with Crippen LogP contribution >= 0.6 is 0 Å². The van der Waals surface area contributed by atoms with Crippen LogP contribution in [0.1, 0.15) is 6.42 Å². The van der Waals surface area contributed by atoms with E-state index < -0.39 is 43.2 Å². The maximum atomic E-state index is 12.4. The van der Waals surface area contributed by atoms with E-state index in [1.54, 1.807) is 0 Å². The molecule has 0 bridgehead atoms. The van der Waals surface area contributed by atoms with Gasteiger partial charge in [-0.1, -0.05) is 5.28 Å². The Morgan fingerprint density at radius 1 is 1.15 bits per heavy atom. The summed E-state index contributed by atoms with van der Waals surface area (Å²) in [4.78, 5) is -4.73. The molecule has 0 nitrogen and oxygen atoms in total. The summed E-state index contributed by atoms with van der Waals surface area (Å²) >= 11 is -4.29. The Bertz CT molecular complexity index is 162. The Labute approximate surface area is 74.1 Å². The van der Waals surface area contributed by atoms with E-state index in [1.807, 2.05) is 0 Å². The molecule has 1 saturated heterocycles. The maximum absolute atomic E-state index is 12.4. The first-order valence-electron chi connectivity index (χ1n) is 3.34. The average Bonchev–Trinajstić information content (AvgIpc) is 1.96. The highest BCUT2D eigenvalue weighted by atomic mass is 27.2. The molecule has 1 heterocycles. The van der Waals surface area contributed by atoms with Crippen molar-refractivity contribution in [2.45, 2.75) is 28.6 Å². The largest absolute Gasteiger partial charge is 0.617 e. The van der Waals surface area contributed by atoms with Gasteiger partial charge in [0.15, 0.2) is 6.17 Å². The highest BCUT2D eigenvalue weighted by Gasteiger charge is 2.72. The molecule has 0 aromatic heterocycles. The molecule has 0 aromatic rings. The summed E-state index contributed by atoms with van der Waals surface area (Å²) in [5, 5.41) is -0.718. The minimum Gasteiger partial charge on any atom is -0.409 e. The van der Waals surface area contributed by atoms with Crippen LogP contribution in [0, 0.1) is 0 Å². The van der Waals surface area contributed by atoms with Crippen LogP contribution in [0.4, 0.5) is 30.2 Å². The molecule has 13 heavy (non-hydrogen) atoms. The number of hydrogen-bond donors (Lipinski definition) is 0. The average molecular weight is 226 g/mol. The molecule has 0 radical (unpaired) electrons. The van der Waals surface area contributed by atoms with E-state index in [0.29, 0.717) is 0 Å². The molecule has 1 aliphatic rings. The first kappa shape index (κ1) is 13.0. The number of alkyl halides is 5. The molecule has 0 saturated carbocycles. The lowest BCUT2D eigenvalue weighted by Crippen LogP contribution is -2.59. The molecule has 0 aliphatic carbocycles. The van der Waals surface area contributed by atoms with E-state index in [1.165, 1.54) is 0 Å². The van der Waals surface area contributed by atoms with Crippen LogP contribution in [0.3, 0.4) is 0 Å². The van der Waals surface area contributed by atoms with Gasteiger partial charge in [0.2, 0.25) is 0 Å². The standard InChI is InChI=1S/C5H5F5.Al.2FH/c1-2-3(6)5(9,10)4(7)8;;;/h3H,1-2H2;;2*1H/q;+1;;/p-1. The minimum absolute atomic E-state index is 0. The highest BCUT2D eigenvalue weighted by molar-refractivity contribution is 6.54. The fraction of sp³-hybridized carbons (Fsp3) is 1.00. The maximum Gasteiger partial charge on any atom is 0.617 e. The molecule has 1 aliphatic heterocycles. The zero-order valence-corrected chi connectivity index (χ0v) is 7.40. The molecule has 1 fully saturated rings. The fourth-order valence-electron chi connectivity index (χ4n) is 1.07. The topological polar surface area (TPSA) is 0 Å². The van der Waals surface area contributed by atoms with Crippen molar-refractivity contribution in [1.82, 2.24) is 0 Å². The van der Waals surface area contributed by atoms with Crippen LogP contribution in [0.5, 0.6) is 0 Å². The summed E-state index contributed by atoms with van der Waals surface area (Å²) < 4.78 is 73.9. The summed E-state index contributed by atoms with van der Waals surface area (Å²) in [6.45, 7) is 0. The van der Waals surface area contributed by atoms with Crippen molar-refractivity contribution in [3.63, 3.8) is 0 Å². The third-order valence-electron chi connectivity index (χ3n) is 1.90. The predicted molar refractivity (Wildman–Crippen MR) is 33.6 cm³/mol. The van der Waals surface area contributed by atoms with E-state index in [-0.39, 0.29) is 4.70 Å². The van der Waals surface area contributed by atoms with E-state index >= 15 is 0 Å². The smallest absolute Gasteiger partial charge is 0.409 e. The molecule has 0 amide bonds. The van der Waals surface area contributed by atoms with Crippen LogP contribution in [-0.2, 0) is 0 Å². The van der Waals surface area contributed by atoms with Crippen LogP contribution in [0.15, 0.2) is 0 Å². The third-order valence-corrected chi connectivity index (χ3v) is 3.92. The van der Waals surface area contributed by atoms with Crippen LogP contribution in [0.2, 0.25) is 5.28 Å². The second-order valence-electron chi connectivity index (χ2n) is 2.76. The summed E-state index contributed by atoms with van der Waals surface area (Å²) in [6.07, 6.45) is -3.71.